The molecule has 2 aliphatic rings. The first-order valence-corrected chi connectivity index (χ1v) is 6.58. The minimum atomic E-state index is 0.0193. The van der Waals surface area contributed by atoms with Crippen LogP contribution >= 0.6 is 0 Å². The number of piperazine rings is 2. The van der Waals surface area contributed by atoms with E-state index < -0.39 is 0 Å². The van der Waals surface area contributed by atoms with Gasteiger partial charge in [0, 0.05) is 38.3 Å². The number of carbonyl (C=O) groups excluding carboxylic acids is 2. The summed E-state index contributed by atoms with van der Waals surface area (Å²) in [6.45, 7) is 7.57. The smallest absolute Gasteiger partial charge is 0.242 e. The lowest BCUT2D eigenvalue weighted by Gasteiger charge is -2.37. The van der Waals surface area contributed by atoms with Gasteiger partial charge < -0.3 is 20.4 Å². The molecule has 0 aromatic rings. The van der Waals surface area contributed by atoms with Gasteiger partial charge in [-0.2, -0.15) is 0 Å². The van der Waals surface area contributed by atoms with Crippen LogP contribution < -0.4 is 10.6 Å². The molecule has 0 bridgehead atoms. The van der Waals surface area contributed by atoms with Crippen molar-refractivity contribution < 1.29 is 9.59 Å². The Balaban J connectivity index is 1.88. The van der Waals surface area contributed by atoms with E-state index in [1.165, 1.54) is 0 Å². The quantitative estimate of drug-likeness (QED) is 0.638. The standard InChI is InChI=1S/C12H22N4O2/c1-9-6-16(7-10(2)14-9)12(18)8-15-4-3-13-5-11(15)17/h9-10,13-14H,3-8H2,1-2H3/t9-,10+. The van der Waals surface area contributed by atoms with E-state index in [0.717, 1.165) is 19.6 Å². The monoisotopic (exact) mass is 254 g/mol. The molecule has 2 aliphatic heterocycles. The van der Waals surface area contributed by atoms with E-state index in [2.05, 4.69) is 24.5 Å². The van der Waals surface area contributed by atoms with Gasteiger partial charge in [0.1, 0.15) is 0 Å². The number of hydrogen-bond acceptors (Lipinski definition) is 4. The maximum Gasteiger partial charge on any atom is 0.242 e. The Morgan fingerprint density at radius 2 is 2.00 bits per heavy atom. The van der Waals surface area contributed by atoms with Crippen LogP contribution in [0.5, 0.6) is 0 Å². The Morgan fingerprint density at radius 3 is 2.61 bits per heavy atom. The summed E-state index contributed by atoms with van der Waals surface area (Å²) in [5.74, 6) is 0.0799. The van der Waals surface area contributed by atoms with Crippen LogP contribution in [0.15, 0.2) is 0 Å². The fourth-order valence-corrected chi connectivity index (χ4v) is 2.61. The maximum absolute atomic E-state index is 12.2. The van der Waals surface area contributed by atoms with Crippen LogP contribution in [-0.4, -0.2) is 73.0 Å². The Bertz CT molecular complexity index is 324. The minimum absolute atomic E-state index is 0.0193. The fraction of sp³-hybridized carbons (Fsp3) is 0.833. The molecule has 6 heteroatoms. The highest BCUT2D eigenvalue weighted by atomic mass is 16.2. The predicted molar refractivity (Wildman–Crippen MR) is 68.1 cm³/mol. The molecular formula is C12H22N4O2. The van der Waals surface area contributed by atoms with Crippen LogP contribution in [0.2, 0.25) is 0 Å². The molecule has 2 N–H and O–H groups in total. The normalized spacial score (nSPS) is 29.6. The first-order chi connectivity index (χ1) is 8.56. The van der Waals surface area contributed by atoms with Gasteiger partial charge >= 0.3 is 0 Å². The Morgan fingerprint density at radius 1 is 1.33 bits per heavy atom. The first-order valence-electron chi connectivity index (χ1n) is 6.58. The number of amides is 2. The number of nitrogens with one attached hydrogen (secondary N) is 2. The van der Waals surface area contributed by atoms with E-state index >= 15 is 0 Å². The Hall–Kier alpha value is -1.14. The van der Waals surface area contributed by atoms with E-state index in [9.17, 15) is 9.59 Å². The molecule has 2 heterocycles. The van der Waals surface area contributed by atoms with E-state index in [1.54, 1.807) is 4.90 Å². The summed E-state index contributed by atoms with van der Waals surface area (Å²) in [6, 6.07) is 0.632. The van der Waals surface area contributed by atoms with Crippen LogP contribution in [0.3, 0.4) is 0 Å². The molecule has 0 saturated carbocycles. The van der Waals surface area contributed by atoms with E-state index in [0.29, 0.717) is 25.2 Å². The molecule has 2 rings (SSSR count). The lowest BCUT2D eigenvalue weighted by atomic mass is 10.1. The largest absolute Gasteiger partial charge is 0.338 e. The van der Waals surface area contributed by atoms with Gasteiger partial charge in [0.2, 0.25) is 11.8 Å². The zero-order valence-electron chi connectivity index (χ0n) is 11.1. The van der Waals surface area contributed by atoms with Crippen molar-refractivity contribution in [3.8, 4) is 0 Å². The SMILES string of the molecule is C[C@@H]1CN(C(=O)CN2CCNCC2=O)C[C@H](C)N1. The van der Waals surface area contributed by atoms with Crippen LogP contribution in [0.1, 0.15) is 13.8 Å². The summed E-state index contributed by atoms with van der Waals surface area (Å²) in [7, 11) is 0. The second-order valence-corrected chi connectivity index (χ2v) is 5.26. The molecule has 2 fully saturated rings. The summed E-state index contributed by atoms with van der Waals surface area (Å²) < 4.78 is 0. The Kier molecular flexibility index (Phi) is 4.19. The molecule has 2 amide bonds. The third-order valence-corrected chi connectivity index (χ3v) is 3.42. The zero-order chi connectivity index (χ0) is 13.1. The molecule has 0 unspecified atom stereocenters. The third kappa shape index (κ3) is 3.20. The molecule has 6 nitrogen and oxygen atoms in total. The lowest BCUT2D eigenvalue weighted by Crippen LogP contribution is -2.58. The van der Waals surface area contributed by atoms with Crippen molar-refractivity contribution >= 4 is 11.8 Å². The van der Waals surface area contributed by atoms with Gasteiger partial charge in [0.15, 0.2) is 0 Å². The summed E-state index contributed by atoms with van der Waals surface area (Å²) in [5.41, 5.74) is 0. The van der Waals surface area contributed by atoms with Gasteiger partial charge in [-0.15, -0.1) is 0 Å². The number of rotatable bonds is 2. The van der Waals surface area contributed by atoms with Crippen molar-refractivity contribution in [2.45, 2.75) is 25.9 Å². The molecule has 0 radical (unpaired) electrons. The molecule has 0 aliphatic carbocycles. The fourth-order valence-electron chi connectivity index (χ4n) is 2.61. The minimum Gasteiger partial charge on any atom is -0.338 e. The molecule has 2 atom stereocenters. The van der Waals surface area contributed by atoms with Gasteiger partial charge in [-0.25, -0.2) is 0 Å². The second-order valence-electron chi connectivity index (χ2n) is 5.26. The molecular weight excluding hydrogens is 232 g/mol. The maximum atomic E-state index is 12.2. The van der Waals surface area contributed by atoms with Crippen molar-refractivity contribution in [3.05, 3.63) is 0 Å². The van der Waals surface area contributed by atoms with Crippen molar-refractivity contribution in [2.75, 3.05) is 39.3 Å². The highest BCUT2D eigenvalue weighted by Gasteiger charge is 2.27. The van der Waals surface area contributed by atoms with Crippen molar-refractivity contribution in [3.63, 3.8) is 0 Å². The summed E-state index contributed by atoms with van der Waals surface area (Å²) in [5, 5.41) is 6.40. The molecule has 102 valence electrons. The van der Waals surface area contributed by atoms with Crippen LogP contribution in [0, 0.1) is 0 Å². The summed E-state index contributed by atoms with van der Waals surface area (Å²) >= 11 is 0. The van der Waals surface area contributed by atoms with Crippen molar-refractivity contribution in [1.82, 2.24) is 20.4 Å². The van der Waals surface area contributed by atoms with Gasteiger partial charge in [0.05, 0.1) is 13.1 Å². The number of nitrogens with zero attached hydrogens (tertiary/aromatic N) is 2. The number of hydrogen-bond donors (Lipinski definition) is 2. The van der Waals surface area contributed by atoms with Gasteiger partial charge in [-0.1, -0.05) is 0 Å². The summed E-state index contributed by atoms with van der Waals surface area (Å²) in [6.07, 6.45) is 0. The molecule has 0 aromatic carbocycles. The van der Waals surface area contributed by atoms with Gasteiger partial charge in [0.25, 0.3) is 0 Å². The van der Waals surface area contributed by atoms with Gasteiger partial charge in [-0.05, 0) is 13.8 Å². The van der Waals surface area contributed by atoms with E-state index in [4.69, 9.17) is 0 Å². The molecule has 0 aromatic heterocycles. The molecule has 0 spiro atoms. The zero-order valence-corrected chi connectivity index (χ0v) is 11.1. The third-order valence-electron chi connectivity index (χ3n) is 3.42. The second kappa shape index (κ2) is 5.67. The van der Waals surface area contributed by atoms with Crippen molar-refractivity contribution in [1.29, 1.82) is 0 Å². The van der Waals surface area contributed by atoms with Crippen LogP contribution in [0.4, 0.5) is 0 Å². The lowest BCUT2D eigenvalue weighted by molar-refractivity contribution is -0.142. The highest BCUT2D eigenvalue weighted by Crippen LogP contribution is 2.06. The predicted octanol–water partition coefficient (Wildman–Crippen LogP) is -1.37. The molecule has 2 saturated heterocycles. The Labute approximate surface area is 108 Å². The average Bonchev–Trinajstić information content (AvgIpc) is 2.31. The van der Waals surface area contributed by atoms with Crippen molar-refractivity contribution in [2.24, 2.45) is 0 Å². The first kappa shape index (κ1) is 13.3. The summed E-state index contributed by atoms with van der Waals surface area (Å²) in [4.78, 5) is 27.3. The number of carbonyl (C=O) groups is 2. The van der Waals surface area contributed by atoms with E-state index in [-0.39, 0.29) is 18.4 Å². The van der Waals surface area contributed by atoms with Crippen LogP contribution in [-0.2, 0) is 9.59 Å². The molecule has 18 heavy (non-hydrogen) atoms. The topological polar surface area (TPSA) is 64.7 Å². The average molecular weight is 254 g/mol. The van der Waals surface area contributed by atoms with Crippen LogP contribution in [0.25, 0.3) is 0 Å². The van der Waals surface area contributed by atoms with Gasteiger partial charge in [-0.3, -0.25) is 9.59 Å². The van der Waals surface area contributed by atoms with E-state index in [1.807, 2.05) is 4.90 Å². The highest BCUT2D eigenvalue weighted by molar-refractivity contribution is 5.86.